The summed E-state index contributed by atoms with van der Waals surface area (Å²) in [6.07, 6.45) is -3.44. The molecule has 0 aliphatic carbocycles. The van der Waals surface area contributed by atoms with Gasteiger partial charge in [0.05, 0.1) is 0 Å². The van der Waals surface area contributed by atoms with Crippen LogP contribution in [0.2, 0.25) is 0 Å². The van der Waals surface area contributed by atoms with Crippen LogP contribution in [0.5, 0.6) is 5.75 Å². The van der Waals surface area contributed by atoms with Crippen LogP contribution in [-0.2, 0) is 0 Å². The molecule has 0 saturated carbocycles. The molecule has 7 nitrogen and oxygen atoms in total. The van der Waals surface area contributed by atoms with E-state index < -0.39 is 6.36 Å². The van der Waals surface area contributed by atoms with E-state index in [0.717, 1.165) is 5.69 Å². The Bertz CT molecular complexity index is 931. The summed E-state index contributed by atoms with van der Waals surface area (Å²) >= 11 is 0. The van der Waals surface area contributed by atoms with E-state index >= 15 is 0 Å². The third kappa shape index (κ3) is 4.97. The number of nitrogens with one attached hydrogen (secondary N) is 2. The highest BCUT2D eigenvalue weighted by molar-refractivity contribution is 5.79. The van der Waals surface area contributed by atoms with Crippen molar-refractivity contribution in [1.82, 2.24) is 15.0 Å². The minimum atomic E-state index is -4.74. The van der Waals surface area contributed by atoms with Crippen LogP contribution in [0.25, 0.3) is 0 Å². The second-order valence-electron chi connectivity index (χ2n) is 5.47. The maximum Gasteiger partial charge on any atom is 0.573 e. The Morgan fingerprint density at radius 3 is 2.26 bits per heavy atom. The van der Waals surface area contributed by atoms with Gasteiger partial charge in [0, 0.05) is 11.4 Å². The van der Waals surface area contributed by atoms with Crippen molar-refractivity contribution in [2.24, 2.45) is 0 Å². The lowest BCUT2D eigenvalue weighted by atomic mass is 10.3. The number of pyridine rings is 1. The molecule has 0 aliphatic heterocycles. The van der Waals surface area contributed by atoms with E-state index in [1.165, 1.54) is 30.6 Å². The van der Waals surface area contributed by atoms with E-state index in [0.29, 0.717) is 23.1 Å². The van der Waals surface area contributed by atoms with Crippen molar-refractivity contribution in [3.8, 4) is 5.75 Å². The summed E-state index contributed by atoms with van der Waals surface area (Å²) in [4.78, 5) is 12.5. The number of aromatic nitrogens is 3. The maximum absolute atomic E-state index is 12.2. The Kier molecular flexibility index (Phi) is 4.97. The largest absolute Gasteiger partial charge is 0.573 e. The first-order valence-electron chi connectivity index (χ1n) is 7.74. The number of halogens is 3. The molecule has 0 bridgehead atoms. The third-order valence-electron chi connectivity index (χ3n) is 3.37. The molecule has 0 amide bonds. The first-order chi connectivity index (χ1) is 12.8. The van der Waals surface area contributed by atoms with Crippen LogP contribution < -0.4 is 21.1 Å². The third-order valence-corrected chi connectivity index (χ3v) is 3.37. The maximum atomic E-state index is 12.2. The second-order valence-corrected chi connectivity index (χ2v) is 5.47. The molecule has 2 aromatic heterocycles. The van der Waals surface area contributed by atoms with Crippen LogP contribution in [0.1, 0.15) is 5.69 Å². The van der Waals surface area contributed by atoms with Crippen molar-refractivity contribution in [3.63, 3.8) is 0 Å². The van der Waals surface area contributed by atoms with Crippen LogP contribution in [0.3, 0.4) is 0 Å². The first-order valence-corrected chi connectivity index (χ1v) is 7.74. The summed E-state index contributed by atoms with van der Waals surface area (Å²) < 4.78 is 40.5. The monoisotopic (exact) mass is 376 g/mol. The highest BCUT2D eigenvalue weighted by Gasteiger charge is 2.30. The highest BCUT2D eigenvalue weighted by Crippen LogP contribution is 2.29. The fourth-order valence-corrected chi connectivity index (χ4v) is 2.21. The van der Waals surface area contributed by atoms with Crippen molar-refractivity contribution >= 4 is 28.8 Å². The number of aryl methyl sites for hydroxylation is 1. The molecule has 0 saturated heterocycles. The molecule has 4 N–H and O–H groups in total. The van der Waals surface area contributed by atoms with E-state index in [4.69, 9.17) is 5.73 Å². The fourth-order valence-electron chi connectivity index (χ4n) is 2.21. The standard InChI is InChI=1S/C17H15F3N6O/c1-10-3-2-4-13(24-10)26-16-14(21)15(22-9-23-16)25-11-5-7-12(8-6-11)27-17(18,19)20/h2-9H,21H2,1H3,(H2,22,23,24,25,26). The summed E-state index contributed by atoms with van der Waals surface area (Å²) in [6, 6.07) is 10.7. The summed E-state index contributed by atoms with van der Waals surface area (Å²) in [7, 11) is 0. The molecule has 3 rings (SSSR count). The molecule has 0 aliphatic rings. The molecule has 3 aromatic rings. The van der Waals surface area contributed by atoms with Crippen molar-refractivity contribution < 1.29 is 17.9 Å². The molecule has 10 heteroatoms. The number of benzene rings is 1. The summed E-state index contributed by atoms with van der Waals surface area (Å²) in [5, 5.41) is 5.93. The number of nitrogens with zero attached hydrogens (tertiary/aromatic N) is 3. The lowest BCUT2D eigenvalue weighted by Crippen LogP contribution is -2.17. The van der Waals surface area contributed by atoms with E-state index in [-0.39, 0.29) is 11.4 Å². The molecule has 0 radical (unpaired) electrons. The van der Waals surface area contributed by atoms with Gasteiger partial charge in [0.1, 0.15) is 23.6 Å². The zero-order chi connectivity index (χ0) is 19.4. The smallest absolute Gasteiger partial charge is 0.406 e. The average molecular weight is 376 g/mol. The molecular formula is C17H15F3N6O. The Hall–Kier alpha value is -3.56. The van der Waals surface area contributed by atoms with Gasteiger partial charge in [-0.15, -0.1) is 13.2 Å². The molecular weight excluding hydrogens is 361 g/mol. The SMILES string of the molecule is Cc1cccc(Nc2ncnc(Nc3ccc(OC(F)(F)F)cc3)c2N)n1. The fraction of sp³-hybridized carbons (Fsp3) is 0.118. The first kappa shape index (κ1) is 18.2. The molecule has 1 aromatic carbocycles. The summed E-state index contributed by atoms with van der Waals surface area (Å²) in [6.45, 7) is 1.85. The van der Waals surface area contributed by atoms with Gasteiger partial charge in [-0.3, -0.25) is 0 Å². The zero-order valence-corrected chi connectivity index (χ0v) is 14.1. The number of hydrogen-bond donors (Lipinski definition) is 3. The molecule has 0 atom stereocenters. The summed E-state index contributed by atoms with van der Waals surface area (Å²) in [5.74, 6) is 0.892. The number of nitrogen functional groups attached to an aromatic ring is 1. The Morgan fingerprint density at radius 1 is 0.963 bits per heavy atom. The van der Waals surface area contributed by atoms with Crippen LogP contribution in [0, 0.1) is 6.92 Å². The molecule has 0 fully saturated rings. The van der Waals surface area contributed by atoms with E-state index in [1.807, 2.05) is 19.1 Å². The van der Waals surface area contributed by atoms with Gasteiger partial charge in [-0.05, 0) is 43.3 Å². The average Bonchev–Trinajstić information content (AvgIpc) is 2.59. The number of anilines is 5. The van der Waals surface area contributed by atoms with Gasteiger partial charge in [-0.25, -0.2) is 15.0 Å². The van der Waals surface area contributed by atoms with Crippen molar-refractivity contribution in [2.45, 2.75) is 13.3 Å². The quantitative estimate of drug-likeness (QED) is 0.615. The van der Waals surface area contributed by atoms with Crippen molar-refractivity contribution in [2.75, 3.05) is 16.4 Å². The summed E-state index contributed by atoms with van der Waals surface area (Å²) in [5.41, 5.74) is 7.62. The van der Waals surface area contributed by atoms with Gasteiger partial charge >= 0.3 is 6.36 Å². The number of hydrogen-bond acceptors (Lipinski definition) is 7. The van der Waals surface area contributed by atoms with Crippen molar-refractivity contribution in [3.05, 3.63) is 54.5 Å². The number of nitrogens with two attached hydrogens (primary N) is 1. The Labute approximate surface area is 152 Å². The van der Waals surface area contributed by atoms with Gasteiger partial charge in [0.15, 0.2) is 11.6 Å². The van der Waals surface area contributed by atoms with Crippen LogP contribution in [0.4, 0.5) is 42.0 Å². The van der Waals surface area contributed by atoms with Gasteiger partial charge in [-0.2, -0.15) is 0 Å². The zero-order valence-electron chi connectivity index (χ0n) is 14.1. The minimum absolute atomic E-state index is 0.233. The lowest BCUT2D eigenvalue weighted by Gasteiger charge is -2.13. The minimum Gasteiger partial charge on any atom is -0.406 e. The molecule has 27 heavy (non-hydrogen) atoms. The molecule has 0 unspecified atom stereocenters. The highest BCUT2D eigenvalue weighted by atomic mass is 19.4. The molecule has 2 heterocycles. The number of alkyl halides is 3. The van der Waals surface area contributed by atoms with Crippen LogP contribution in [-0.4, -0.2) is 21.3 Å². The predicted octanol–water partition coefficient (Wildman–Crippen LogP) is 4.15. The molecule has 140 valence electrons. The van der Waals surface area contributed by atoms with Crippen molar-refractivity contribution in [1.29, 1.82) is 0 Å². The van der Waals surface area contributed by atoms with Crippen LogP contribution >= 0.6 is 0 Å². The topological polar surface area (TPSA) is 98.0 Å². The number of ether oxygens (including phenoxy) is 1. The van der Waals surface area contributed by atoms with E-state index in [9.17, 15) is 13.2 Å². The Balaban J connectivity index is 1.76. The lowest BCUT2D eigenvalue weighted by molar-refractivity contribution is -0.274. The van der Waals surface area contributed by atoms with Gasteiger partial charge < -0.3 is 21.1 Å². The molecule has 0 spiro atoms. The Morgan fingerprint density at radius 2 is 1.63 bits per heavy atom. The van der Waals surface area contributed by atoms with E-state index in [2.05, 4.69) is 30.3 Å². The normalized spacial score (nSPS) is 11.1. The van der Waals surface area contributed by atoms with E-state index in [1.54, 1.807) is 6.07 Å². The number of rotatable bonds is 5. The van der Waals surface area contributed by atoms with Gasteiger partial charge in [0.2, 0.25) is 0 Å². The van der Waals surface area contributed by atoms with Gasteiger partial charge in [-0.1, -0.05) is 6.07 Å². The van der Waals surface area contributed by atoms with Gasteiger partial charge in [0.25, 0.3) is 0 Å². The van der Waals surface area contributed by atoms with Crippen LogP contribution in [0.15, 0.2) is 48.8 Å². The predicted molar refractivity (Wildman–Crippen MR) is 95.1 cm³/mol. The second kappa shape index (κ2) is 7.36.